The topological polar surface area (TPSA) is 72.1 Å². The molecule has 1 saturated heterocycles. The van der Waals surface area contributed by atoms with Gasteiger partial charge in [-0.2, -0.15) is 4.98 Å². The number of benzene rings is 1. The number of likely N-dealkylation sites (tertiary alicyclic amines) is 1. The van der Waals surface area contributed by atoms with E-state index in [2.05, 4.69) is 15.1 Å². The fraction of sp³-hybridized carbons (Fsp3) is 0.263. The molecule has 0 aliphatic carbocycles. The molecule has 0 N–H and O–H groups in total. The van der Waals surface area contributed by atoms with Crippen molar-refractivity contribution in [2.75, 3.05) is 6.54 Å². The molecule has 1 aliphatic rings. The summed E-state index contributed by atoms with van der Waals surface area (Å²) in [6.45, 7) is 2.63. The predicted molar refractivity (Wildman–Crippen MR) is 91.5 cm³/mol. The molecule has 6 nitrogen and oxygen atoms in total. The Morgan fingerprint density at radius 1 is 1.20 bits per heavy atom. The minimum Gasteiger partial charge on any atom is -0.339 e. The molecule has 6 heteroatoms. The molecule has 126 valence electrons. The molecule has 0 radical (unpaired) electrons. The largest absolute Gasteiger partial charge is 0.339 e. The monoisotopic (exact) mass is 334 g/mol. The Morgan fingerprint density at radius 2 is 2.04 bits per heavy atom. The van der Waals surface area contributed by atoms with Gasteiger partial charge in [-0.15, -0.1) is 0 Å². The second-order valence-electron chi connectivity index (χ2n) is 6.23. The lowest BCUT2D eigenvalue weighted by Gasteiger charge is -2.24. The number of carbonyl (C=O) groups excluding carboxylic acids is 1. The van der Waals surface area contributed by atoms with Crippen LogP contribution in [0.2, 0.25) is 0 Å². The van der Waals surface area contributed by atoms with Crippen molar-refractivity contribution < 1.29 is 9.32 Å². The Bertz CT molecular complexity index is 863. The first-order valence-corrected chi connectivity index (χ1v) is 8.31. The van der Waals surface area contributed by atoms with Crippen molar-refractivity contribution in [1.82, 2.24) is 20.0 Å². The van der Waals surface area contributed by atoms with Crippen molar-refractivity contribution in [3.8, 4) is 11.4 Å². The molecule has 2 atom stereocenters. The van der Waals surface area contributed by atoms with Crippen LogP contribution >= 0.6 is 0 Å². The van der Waals surface area contributed by atoms with E-state index < -0.39 is 0 Å². The first-order valence-electron chi connectivity index (χ1n) is 8.31. The van der Waals surface area contributed by atoms with E-state index in [1.54, 1.807) is 12.4 Å². The smallest absolute Gasteiger partial charge is 0.232 e. The van der Waals surface area contributed by atoms with Crippen molar-refractivity contribution in [1.29, 1.82) is 0 Å². The molecule has 1 aromatic carbocycles. The fourth-order valence-corrected chi connectivity index (χ4v) is 3.20. The summed E-state index contributed by atoms with van der Waals surface area (Å²) < 4.78 is 5.42. The van der Waals surface area contributed by atoms with E-state index in [9.17, 15) is 4.79 Å². The summed E-state index contributed by atoms with van der Waals surface area (Å²) in [5, 5.41) is 4.03. The maximum atomic E-state index is 12.5. The van der Waals surface area contributed by atoms with Crippen molar-refractivity contribution in [3.05, 3.63) is 66.3 Å². The maximum absolute atomic E-state index is 12.5. The average molecular weight is 334 g/mol. The van der Waals surface area contributed by atoms with Gasteiger partial charge in [0.25, 0.3) is 0 Å². The second-order valence-corrected chi connectivity index (χ2v) is 6.23. The van der Waals surface area contributed by atoms with Gasteiger partial charge in [-0.05, 0) is 24.6 Å². The number of pyridine rings is 1. The molecule has 0 spiro atoms. The molecule has 1 aliphatic heterocycles. The highest BCUT2D eigenvalue weighted by Crippen LogP contribution is 2.33. The molecular weight excluding hydrogens is 316 g/mol. The van der Waals surface area contributed by atoms with E-state index in [0.717, 1.165) is 11.1 Å². The van der Waals surface area contributed by atoms with Crippen molar-refractivity contribution in [2.45, 2.75) is 25.3 Å². The molecule has 3 heterocycles. The Balaban J connectivity index is 1.52. The summed E-state index contributed by atoms with van der Waals surface area (Å²) in [5.41, 5.74) is 1.93. The Labute approximate surface area is 145 Å². The highest BCUT2D eigenvalue weighted by molar-refractivity contribution is 5.80. The van der Waals surface area contributed by atoms with Gasteiger partial charge < -0.3 is 9.42 Å². The van der Waals surface area contributed by atoms with Crippen LogP contribution in [0.3, 0.4) is 0 Å². The molecule has 25 heavy (non-hydrogen) atoms. The summed E-state index contributed by atoms with van der Waals surface area (Å²) >= 11 is 0. The molecule has 0 saturated carbocycles. The number of amides is 1. The zero-order valence-electron chi connectivity index (χ0n) is 13.9. The van der Waals surface area contributed by atoms with E-state index in [-0.39, 0.29) is 17.9 Å². The van der Waals surface area contributed by atoms with Gasteiger partial charge >= 0.3 is 0 Å². The molecule has 1 fully saturated rings. The SMILES string of the molecule is CC(c1ccccc1)N1CC(c2nc(-c3cccnc3)no2)CC1=O. The van der Waals surface area contributed by atoms with Gasteiger partial charge in [-0.1, -0.05) is 35.5 Å². The van der Waals surface area contributed by atoms with Crippen LogP contribution < -0.4 is 0 Å². The van der Waals surface area contributed by atoms with Crippen LogP contribution in [0.1, 0.15) is 36.8 Å². The lowest BCUT2D eigenvalue weighted by Crippen LogP contribution is -2.28. The summed E-state index contributed by atoms with van der Waals surface area (Å²) in [4.78, 5) is 22.9. The van der Waals surface area contributed by atoms with E-state index >= 15 is 0 Å². The molecule has 1 amide bonds. The number of nitrogens with zero attached hydrogens (tertiary/aromatic N) is 4. The normalized spacial score (nSPS) is 18.5. The Kier molecular flexibility index (Phi) is 4.01. The van der Waals surface area contributed by atoms with E-state index in [0.29, 0.717) is 24.7 Å². The summed E-state index contributed by atoms with van der Waals surface area (Å²) in [7, 11) is 0. The van der Waals surface area contributed by atoms with Crippen LogP contribution in [-0.2, 0) is 4.79 Å². The zero-order chi connectivity index (χ0) is 17.2. The van der Waals surface area contributed by atoms with E-state index in [4.69, 9.17) is 4.52 Å². The third-order valence-corrected chi connectivity index (χ3v) is 4.62. The molecule has 3 aromatic rings. The van der Waals surface area contributed by atoms with E-state index in [1.165, 1.54) is 0 Å². The molecule has 2 aromatic heterocycles. The van der Waals surface area contributed by atoms with Crippen LogP contribution in [-0.4, -0.2) is 32.5 Å². The maximum Gasteiger partial charge on any atom is 0.232 e. The van der Waals surface area contributed by atoms with Crippen molar-refractivity contribution in [2.24, 2.45) is 0 Å². The van der Waals surface area contributed by atoms with Crippen LogP contribution in [0.4, 0.5) is 0 Å². The van der Waals surface area contributed by atoms with Gasteiger partial charge in [0.1, 0.15) is 0 Å². The van der Waals surface area contributed by atoms with Crippen LogP contribution in [0.25, 0.3) is 11.4 Å². The van der Waals surface area contributed by atoms with Crippen LogP contribution in [0.15, 0.2) is 59.4 Å². The van der Waals surface area contributed by atoms with Crippen LogP contribution in [0, 0.1) is 0 Å². The highest BCUT2D eigenvalue weighted by atomic mass is 16.5. The molecule has 0 bridgehead atoms. The van der Waals surface area contributed by atoms with Crippen molar-refractivity contribution in [3.63, 3.8) is 0 Å². The van der Waals surface area contributed by atoms with Gasteiger partial charge in [-0.3, -0.25) is 9.78 Å². The fourth-order valence-electron chi connectivity index (χ4n) is 3.20. The van der Waals surface area contributed by atoms with Gasteiger partial charge in [0, 0.05) is 30.9 Å². The molecule has 2 unspecified atom stereocenters. The lowest BCUT2D eigenvalue weighted by molar-refractivity contribution is -0.129. The van der Waals surface area contributed by atoms with Crippen molar-refractivity contribution >= 4 is 5.91 Å². The predicted octanol–water partition coefficient (Wildman–Crippen LogP) is 3.21. The summed E-state index contributed by atoms with van der Waals surface area (Å²) in [6, 6.07) is 13.8. The second kappa shape index (κ2) is 6.47. The minimum atomic E-state index is -0.0726. The number of carbonyl (C=O) groups is 1. The van der Waals surface area contributed by atoms with Gasteiger partial charge in [0.2, 0.25) is 17.6 Å². The molecular formula is C19H18N4O2. The quantitative estimate of drug-likeness (QED) is 0.732. The zero-order valence-corrected chi connectivity index (χ0v) is 13.9. The Hall–Kier alpha value is -3.02. The van der Waals surface area contributed by atoms with Gasteiger partial charge in [0.15, 0.2) is 0 Å². The number of rotatable bonds is 4. The number of hydrogen-bond acceptors (Lipinski definition) is 5. The van der Waals surface area contributed by atoms with Gasteiger partial charge in [0.05, 0.1) is 12.0 Å². The summed E-state index contributed by atoms with van der Waals surface area (Å²) in [5.74, 6) is 1.05. The lowest BCUT2D eigenvalue weighted by atomic mass is 10.1. The first-order chi connectivity index (χ1) is 12.2. The third kappa shape index (κ3) is 3.03. The number of hydrogen-bond donors (Lipinski definition) is 0. The average Bonchev–Trinajstić information content (AvgIpc) is 3.29. The number of aromatic nitrogens is 3. The molecule has 4 rings (SSSR count). The van der Waals surface area contributed by atoms with Gasteiger partial charge in [-0.25, -0.2) is 0 Å². The minimum absolute atomic E-state index is 0.0272. The standard InChI is InChI=1S/C19H18N4O2/c1-13(14-6-3-2-4-7-14)23-12-16(10-17(23)24)19-21-18(22-25-19)15-8-5-9-20-11-15/h2-9,11,13,16H,10,12H2,1H3. The van der Waals surface area contributed by atoms with Crippen LogP contribution in [0.5, 0.6) is 0 Å². The Morgan fingerprint density at radius 3 is 2.80 bits per heavy atom. The summed E-state index contributed by atoms with van der Waals surface area (Å²) in [6.07, 6.45) is 3.78. The van der Waals surface area contributed by atoms with E-state index in [1.807, 2.05) is 54.3 Å². The third-order valence-electron chi connectivity index (χ3n) is 4.62. The first kappa shape index (κ1) is 15.5. The highest BCUT2D eigenvalue weighted by Gasteiger charge is 2.37.